The molecule has 0 saturated heterocycles. The maximum Gasteiger partial charge on any atom is 0.119 e. The minimum atomic E-state index is 0.0381. The highest BCUT2D eigenvalue weighted by Gasteiger charge is 2.00. The Kier molecular flexibility index (Phi) is 3.85. The standard InChI is InChI=1S/C15H17NO2/c1-11(16)13-4-8-15(9-5-13)18-10-12-2-6-14(17)7-3-12/h2-9,11,17H,10,16H2,1H3/t11-/m1/s1. The normalized spacial score (nSPS) is 12.1. The molecule has 0 spiro atoms. The van der Waals surface area contributed by atoms with Crippen LogP contribution >= 0.6 is 0 Å². The Labute approximate surface area is 107 Å². The molecule has 94 valence electrons. The third kappa shape index (κ3) is 3.25. The first-order valence-electron chi connectivity index (χ1n) is 5.91. The Morgan fingerprint density at radius 1 is 1.06 bits per heavy atom. The van der Waals surface area contributed by atoms with Gasteiger partial charge in [-0.1, -0.05) is 24.3 Å². The predicted molar refractivity (Wildman–Crippen MR) is 71.5 cm³/mol. The monoisotopic (exact) mass is 243 g/mol. The number of phenols is 1. The first-order chi connectivity index (χ1) is 8.65. The van der Waals surface area contributed by atoms with Crippen molar-refractivity contribution in [3.8, 4) is 11.5 Å². The van der Waals surface area contributed by atoms with Crippen molar-refractivity contribution in [2.45, 2.75) is 19.6 Å². The summed E-state index contributed by atoms with van der Waals surface area (Å²) in [5, 5.41) is 9.17. The van der Waals surface area contributed by atoms with Gasteiger partial charge in [0.2, 0.25) is 0 Å². The zero-order valence-electron chi connectivity index (χ0n) is 10.3. The fourth-order valence-electron chi connectivity index (χ4n) is 1.63. The highest BCUT2D eigenvalue weighted by molar-refractivity contribution is 5.30. The van der Waals surface area contributed by atoms with Gasteiger partial charge in [0.25, 0.3) is 0 Å². The minimum Gasteiger partial charge on any atom is -0.508 e. The Morgan fingerprint density at radius 3 is 2.22 bits per heavy atom. The van der Waals surface area contributed by atoms with Crippen molar-refractivity contribution in [2.24, 2.45) is 5.73 Å². The van der Waals surface area contributed by atoms with Gasteiger partial charge in [-0.25, -0.2) is 0 Å². The van der Waals surface area contributed by atoms with E-state index in [4.69, 9.17) is 10.5 Å². The lowest BCUT2D eigenvalue weighted by atomic mass is 10.1. The first-order valence-corrected chi connectivity index (χ1v) is 5.91. The van der Waals surface area contributed by atoms with Crippen molar-refractivity contribution in [1.29, 1.82) is 0 Å². The summed E-state index contributed by atoms with van der Waals surface area (Å²) in [7, 11) is 0. The van der Waals surface area contributed by atoms with E-state index in [0.717, 1.165) is 16.9 Å². The van der Waals surface area contributed by atoms with E-state index < -0.39 is 0 Å². The van der Waals surface area contributed by atoms with E-state index in [0.29, 0.717) is 6.61 Å². The maximum atomic E-state index is 9.17. The van der Waals surface area contributed by atoms with E-state index >= 15 is 0 Å². The molecule has 0 aliphatic carbocycles. The fourth-order valence-corrected chi connectivity index (χ4v) is 1.63. The van der Waals surface area contributed by atoms with Crippen LogP contribution < -0.4 is 10.5 Å². The van der Waals surface area contributed by atoms with Crippen LogP contribution in [0.3, 0.4) is 0 Å². The van der Waals surface area contributed by atoms with Crippen LogP contribution in [0.1, 0.15) is 24.1 Å². The molecule has 0 unspecified atom stereocenters. The predicted octanol–water partition coefficient (Wildman–Crippen LogP) is 2.99. The number of phenolic OH excluding ortho intramolecular Hbond substituents is 1. The first kappa shape index (κ1) is 12.5. The lowest BCUT2D eigenvalue weighted by Gasteiger charge is -2.09. The summed E-state index contributed by atoms with van der Waals surface area (Å²) in [6, 6.07) is 14.8. The van der Waals surface area contributed by atoms with Crippen LogP contribution in [0, 0.1) is 0 Å². The Hall–Kier alpha value is -2.00. The summed E-state index contributed by atoms with van der Waals surface area (Å²) >= 11 is 0. The molecule has 3 N–H and O–H groups in total. The number of benzene rings is 2. The largest absolute Gasteiger partial charge is 0.508 e. The molecule has 0 bridgehead atoms. The van der Waals surface area contributed by atoms with Crippen LogP contribution in [0.4, 0.5) is 0 Å². The van der Waals surface area contributed by atoms with E-state index in [2.05, 4.69) is 0 Å². The maximum absolute atomic E-state index is 9.17. The molecule has 3 heteroatoms. The van der Waals surface area contributed by atoms with Crippen molar-refractivity contribution >= 4 is 0 Å². The van der Waals surface area contributed by atoms with Crippen molar-refractivity contribution in [1.82, 2.24) is 0 Å². The zero-order valence-corrected chi connectivity index (χ0v) is 10.3. The average Bonchev–Trinajstić information content (AvgIpc) is 2.38. The molecule has 0 radical (unpaired) electrons. The van der Waals surface area contributed by atoms with E-state index in [1.807, 2.05) is 43.3 Å². The number of hydrogen-bond donors (Lipinski definition) is 2. The topological polar surface area (TPSA) is 55.5 Å². The van der Waals surface area contributed by atoms with E-state index in [9.17, 15) is 5.11 Å². The molecular formula is C15H17NO2. The minimum absolute atomic E-state index is 0.0381. The van der Waals surface area contributed by atoms with Gasteiger partial charge in [0.05, 0.1) is 0 Å². The molecule has 0 amide bonds. The van der Waals surface area contributed by atoms with Gasteiger partial charge >= 0.3 is 0 Å². The summed E-state index contributed by atoms with van der Waals surface area (Å²) in [6.07, 6.45) is 0. The van der Waals surface area contributed by atoms with Crippen LogP contribution in [0.2, 0.25) is 0 Å². The number of hydrogen-bond acceptors (Lipinski definition) is 3. The van der Waals surface area contributed by atoms with Crippen LogP contribution in [0.5, 0.6) is 11.5 Å². The third-order valence-electron chi connectivity index (χ3n) is 2.75. The van der Waals surface area contributed by atoms with Crippen LogP contribution in [0.15, 0.2) is 48.5 Å². The molecule has 0 aliphatic rings. The molecule has 0 saturated carbocycles. The summed E-state index contributed by atoms with van der Waals surface area (Å²) < 4.78 is 5.64. The van der Waals surface area contributed by atoms with Crippen LogP contribution in [-0.4, -0.2) is 5.11 Å². The zero-order chi connectivity index (χ0) is 13.0. The molecule has 0 aromatic heterocycles. The summed E-state index contributed by atoms with van der Waals surface area (Å²) in [5.41, 5.74) is 7.89. The molecule has 2 aromatic rings. The van der Waals surface area contributed by atoms with E-state index in [1.54, 1.807) is 12.1 Å². The second-order valence-corrected chi connectivity index (χ2v) is 4.31. The van der Waals surface area contributed by atoms with Crippen molar-refractivity contribution < 1.29 is 9.84 Å². The molecule has 0 aliphatic heterocycles. The Balaban J connectivity index is 1.95. The average molecular weight is 243 g/mol. The molecule has 0 heterocycles. The Morgan fingerprint density at radius 2 is 1.67 bits per heavy atom. The molecule has 2 rings (SSSR count). The highest BCUT2D eigenvalue weighted by Crippen LogP contribution is 2.18. The number of ether oxygens (including phenoxy) is 1. The van der Waals surface area contributed by atoms with Gasteiger partial charge in [0.1, 0.15) is 18.1 Å². The van der Waals surface area contributed by atoms with Crippen molar-refractivity contribution in [3.05, 3.63) is 59.7 Å². The number of nitrogens with two attached hydrogens (primary N) is 1. The lowest BCUT2D eigenvalue weighted by molar-refractivity contribution is 0.306. The molecule has 2 aromatic carbocycles. The Bertz CT molecular complexity index is 489. The van der Waals surface area contributed by atoms with Gasteiger partial charge in [-0.05, 0) is 42.3 Å². The van der Waals surface area contributed by atoms with E-state index in [-0.39, 0.29) is 11.8 Å². The highest BCUT2D eigenvalue weighted by atomic mass is 16.5. The van der Waals surface area contributed by atoms with Gasteiger partial charge in [-0.3, -0.25) is 0 Å². The molecule has 3 nitrogen and oxygen atoms in total. The lowest BCUT2D eigenvalue weighted by Crippen LogP contribution is -2.04. The van der Waals surface area contributed by atoms with Gasteiger partial charge in [-0.15, -0.1) is 0 Å². The molecule has 0 fully saturated rings. The second kappa shape index (κ2) is 5.56. The fraction of sp³-hybridized carbons (Fsp3) is 0.200. The van der Waals surface area contributed by atoms with Crippen LogP contribution in [-0.2, 0) is 6.61 Å². The van der Waals surface area contributed by atoms with Gasteiger partial charge in [0.15, 0.2) is 0 Å². The van der Waals surface area contributed by atoms with Crippen molar-refractivity contribution in [2.75, 3.05) is 0 Å². The smallest absolute Gasteiger partial charge is 0.119 e. The molecular weight excluding hydrogens is 226 g/mol. The molecule has 1 atom stereocenters. The third-order valence-corrected chi connectivity index (χ3v) is 2.75. The van der Waals surface area contributed by atoms with Gasteiger partial charge in [-0.2, -0.15) is 0 Å². The van der Waals surface area contributed by atoms with Crippen LogP contribution in [0.25, 0.3) is 0 Å². The summed E-state index contributed by atoms with van der Waals surface area (Å²) in [6.45, 7) is 2.43. The number of aromatic hydroxyl groups is 1. The van der Waals surface area contributed by atoms with E-state index in [1.165, 1.54) is 0 Å². The van der Waals surface area contributed by atoms with Crippen molar-refractivity contribution in [3.63, 3.8) is 0 Å². The molecule has 18 heavy (non-hydrogen) atoms. The quantitative estimate of drug-likeness (QED) is 0.868. The SMILES string of the molecule is C[C@@H](N)c1ccc(OCc2ccc(O)cc2)cc1. The number of rotatable bonds is 4. The summed E-state index contributed by atoms with van der Waals surface area (Å²) in [4.78, 5) is 0. The second-order valence-electron chi connectivity index (χ2n) is 4.31. The van der Waals surface area contributed by atoms with Gasteiger partial charge < -0.3 is 15.6 Å². The van der Waals surface area contributed by atoms with Gasteiger partial charge in [0, 0.05) is 6.04 Å². The summed E-state index contributed by atoms with van der Waals surface area (Å²) in [5.74, 6) is 1.08.